The van der Waals surface area contributed by atoms with Gasteiger partial charge >= 0.3 is 5.69 Å². The summed E-state index contributed by atoms with van der Waals surface area (Å²) in [6.45, 7) is 4.80. The van der Waals surface area contributed by atoms with E-state index in [0.717, 1.165) is 17.8 Å². The zero-order valence-electron chi connectivity index (χ0n) is 11.9. The van der Waals surface area contributed by atoms with Crippen molar-refractivity contribution in [1.82, 2.24) is 9.88 Å². The summed E-state index contributed by atoms with van der Waals surface area (Å²) in [5.74, 6) is 0. The molecule has 1 fully saturated rings. The van der Waals surface area contributed by atoms with Crippen molar-refractivity contribution < 1.29 is 4.92 Å². The molecule has 0 bridgehead atoms. The van der Waals surface area contributed by atoms with Gasteiger partial charge in [-0.1, -0.05) is 6.92 Å². The van der Waals surface area contributed by atoms with Gasteiger partial charge in [0, 0.05) is 19.1 Å². The van der Waals surface area contributed by atoms with Gasteiger partial charge in [0.15, 0.2) is 5.52 Å². The van der Waals surface area contributed by atoms with Gasteiger partial charge < -0.3 is 5.32 Å². The van der Waals surface area contributed by atoms with Crippen LogP contribution in [0.15, 0.2) is 17.6 Å². The number of nitro benzene ring substituents is 1. The molecule has 1 aliphatic rings. The molecular formula is C14H18N4O2S. The van der Waals surface area contributed by atoms with E-state index in [2.05, 4.69) is 22.1 Å². The zero-order valence-corrected chi connectivity index (χ0v) is 12.7. The Balaban J connectivity index is 1.73. The topological polar surface area (TPSA) is 71.3 Å². The molecule has 1 heterocycles. The van der Waals surface area contributed by atoms with Crippen LogP contribution in [0.3, 0.4) is 0 Å². The molecule has 0 atom stereocenters. The van der Waals surface area contributed by atoms with Crippen molar-refractivity contribution in [2.75, 3.05) is 25.0 Å². The molecule has 7 heteroatoms. The van der Waals surface area contributed by atoms with Crippen LogP contribution in [-0.2, 0) is 0 Å². The van der Waals surface area contributed by atoms with Crippen LogP contribution in [0, 0.1) is 10.1 Å². The van der Waals surface area contributed by atoms with Crippen molar-refractivity contribution in [1.29, 1.82) is 0 Å². The Labute approximate surface area is 126 Å². The Kier molecular flexibility index (Phi) is 4.03. The monoisotopic (exact) mass is 306 g/mol. The van der Waals surface area contributed by atoms with E-state index in [-0.39, 0.29) is 10.6 Å². The van der Waals surface area contributed by atoms with Crippen LogP contribution in [0.2, 0.25) is 0 Å². The average molecular weight is 306 g/mol. The minimum absolute atomic E-state index is 0.0863. The van der Waals surface area contributed by atoms with Crippen molar-refractivity contribution in [2.45, 2.75) is 25.8 Å². The Hall–Kier alpha value is -1.73. The summed E-state index contributed by atoms with van der Waals surface area (Å²) in [4.78, 5) is 17.5. The number of anilines is 1. The molecule has 0 aliphatic heterocycles. The van der Waals surface area contributed by atoms with Crippen molar-refractivity contribution in [2.24, 2.45) is 0 Å². The Morgan fingerprint density at radius 2 is 2.33 bits per heavy atom. The number of fused-ring (bicyclic) bond motifs is 1. The smallest absolute Gasteiger partial charge is 0.319 e. The number of thiazole rings is 1. The van der Waals surface area contributed by atoms with Gasteiger partial charge in [-0.15, -0.1) is 11.3 Å². The third-order valence-electron chi connectivity index (χ3n) is 3.84. The molecule has 1 aliphatic carbocycles. The highest BCUT2D eigenvalue weighted by Gasteiger charge is 2.27. The summed E-state index contributed by atoms with van der Waals surface area (Å²) in [7, 11) is 0. The molecule has 112 valence electrons. The minimum Gasteiger partial charge on any atom is -0.378 e. The lowest BCUT2D eigenvalue weighted by Crippen LogP contribution is -2.30. The number of aromatic nitrogens is 1. The fraction of sp³-hybridized carbons (Fsp3) is 0.500. The lowest BCUT2D eigenvalue weighted by molar-refractivity contribution is -0.382. The van der Waals surface area contributed by atoms with Gasteiger partial charge in [0.05, 0.1) is 15.1 Å². The number of nitrogens with zero attached hydrogens (tertiary/aromatic N) is 3. The number of nitro groups is 1. The molecule has 1 N–H and O–H groups in total. The average Bonchev–Trinajstić information content (AvgIpc) is 3.20. The molecule has 6 nitrogen and oxygen atoms in total. The number of hydrogen-bond acceptors (Lipinski definition) is 6. The number of benzene rings is 1. The first kappa shape index (κ1) is 14.2. The van der Waals surface area contributed by atoms with Crippen molar-refractivity contribution in [3.05, 3.63) is 27.8 Å². The van der Waals surface area contributed by atoms with Gasteiger partial charge in [0.1, 0.15) is 5.69 Å². The van der Waals surface area contributed by atoms with E-state index in [9.17, 15) is 10.1 Å². The molecule has 0 unspecified atom stereocenters. The van der Waals surface area contributed by atoms with Gasteiger partial charge in [-0.2, -0.15) is 0 Å². The maximum Gasteiger partial charge on any atom is 0.319 e. The van der Waals surface area contributed by atoms with Gasteiger partial charge in [0.2, 0.25) is 0 Å². The highest BCUT2D eigenvalue weighted by Crippen LogP contribution is 2.34. The van der Waals surface area contributed by atoms with E-state index < -0.39 is 0 Å². The van der Waals surface area contributed by atoms with Crippen LogP contribution in [0.4, 0.5) is 11.4 Å². The van der Waals surface area contributed by atoms with Crippen LogP contribution >= 0.6 is 11.3 Å². The number of likely N-dealkylation sites (N-methyl/N-ethyl adjacent to an activating group) is 1. The van der Waals surface area contributed by atoms with Crippen LogP contribution in [0.1, 0.15) is 19.8 Å². The first-order valence-corrected chi connectivity index (χ1v) is 8.07. The molecule has 2 aromatic rings. The van der Waals surface area contributed by atoms with Crippen molar-refractivity contribution >= 4 is 32.9 Å². The van der Waals surface area contributed by atoms with Crippen molar-refractivity contribution in [3.8, 4) is 0 Å². The molecule has 1 aromatic carbocycles. The van der Waals surface area contributed by atoms with E-state index >= 15 is 0 Å². The lowest BCUT2D eigenvalue weighted by Gasteiger charge is -2.20. The zero-order chi connectivity index (χ0) is 14.8. The number of nitrogens with one attached hydrogen (secondary N) is 1. The minimum atomic E-state index is -0.344. The third-order valence-corrected chi connectivity index (χ3v) is 4.64. The maximum atomic E-state index is 11.3. The van der Waals surface area contributed by atoms with Gasteiger partial charge in [-0.3, -0.25) is 15.0 Å². The highest BCUT2D eigenvalue weighted by molar-refractivity contribution is 7.16. The van der Waals surface area contributed by atoms with Gasteiger partial charge in [-0.25, -0.2) is 4.98 Å². The highest BCUT2D eigenvalue weighted by atomic mass is 32.1. The lowest BCUT2D eigenvalue weighted by atomic mass is 10.2. The fourth-order valence-corrected chi connectivity index (χ4v) is 3.30. The van der Waals surface area contributed by atoms with Gasteiger partial charge in [0.25, 0.3) is 0 Å². The second-order valence-corrected chi connectivity index (χ2v) is 6.09. The molecule has 0 spiro atoms. The van der Waals surface area contributed by atoms with Gasteiger partial charge in [-0.05, 0) is 31.5 Å². The largest absolute Gasteiger partial charge is 0.378 e. The maximum absolute atomic E-state index is 11.3. The van der Waals surface area contributed by atoms with Crippen molar-refractivity contribution in [3.63, 3.8) is 0 Å². The van der Waals surface area contributed by atoms with Crippen LogP contribution in [0.5, 0.6) is 0 Å². The Bertz CT molecular complexity index is 653. The second kappa shape index (κ2) is 5.95. The van der Waals surface area contributed by atoms with E-state index in [1.165, 1.54) is 24.2 Å². The summed E-state index contributed by atoms with van der Waals surface area (Å²) < 4.78 is 0.848. The van der Waals surface area contributed by atoms with E-state index in [1.54, 1.807) is 11.6 Å². The molecule has 1 aromatic heterocycles. The Morgan fingerprint density at radius 3 is 3.00 bits per heavy atom. The first-order chi connectivity index (χ1) is 10.2. The fourth-order valence-electron chi connectivity index (χ4n) is 2.62. The number of rotatable bonds is 7. The quantitative estimate of drug-likeness (QED) is 0.628. The summed E-state index contributed by atoms with van der Waals surface area (Å²) in [6.07, 6.45) is 2.55. The van der Waals surface area contributed by atoms with E-state index in [1.807, 2.05) is 6.07 Å². The van der Waals surface area contributed by atoms with E-state index in [0.29, 0.717) is 23.8 Å². The van der Waals surface area contributed by atoms with Crippen LogP contribution in [0.25, 0.3) is 10.2 Å². The second-order valence-electron chi connectivity index (χ2n) is 5.20. The molecule has 0 saturated heterocycles. The number of hydrogen-bond donors (Lipinski definition) is 1. The summed E-state index contributed by atoms with van der Waals surface area (Å²) in [5.41, 5.74) is 2.77. The molecule has 21 heavy (non-hydrogen) atoms. The predicted octanol–water partition coefficient (Wildman–Crippen LogP) is 3.10. The normalized spacial score (nSPS) is 14.8. The summed E-state index contributed by atoms with van der Waals surface area (Å²) in [5, 5.41) is 14.5. The van der Waals surface area contributed by atoms with Crippen LogP contribution < -0.4 is 5.32 Å². The molecule has 0 amide bonds. The predicted molar refractivity (Wildman–Crippen MR) is 85.0 cm³/mol. The van der Waals surface area contributed by atoms with E-state index in [4.69, 9.17) is 0 Å². The molecular weight excluding hydrogens is 288 g/mol. The SMILES string of the molecule is CCN(CCNc1ccc2scnc2c1[N+](=O)[O-])C1CC1. The molecule has 0 radical (unpaired) electrons. The van der Waals surface area contributed by atoms with Crippen LogP contribution in [-0.4, -0.2) is 40.5 Å². The first-order valence-electron chi connectivity index (χ1n) is 7.19. The summed E-state index contributed by atoms with van der Waals surface area (Å²) in [6, 6.07) is 4.39. The summed E-state index contributed by atoms with van der Waals surface area (Å²) >= 11 is 1.42. The standard InChI is InChI=1S/C14H18N4O2S/c1-2-17(10-3-4-10)8-7-15-11-5-6-12-13(16-9-21-12)14(11)18(19)20/h5-6,9-10,15H,2-4,7-8H2,1H3. The molecule has 3 rings (SSSR count). The Morgan fingerprint density at radius 1 is 1.52 bits per heavy atom. The third kappa shape index (κ3) is 2.98. The molecule has 1 saturated carbocycles.